The first kappa shape index (κ1) is 10.5. The molecule has 2 fully saturated rings. The lowest BCUT2D eigenvalue weighted by Gasteiger charge is -2.33. The first-order chi connectivity index (χ1) is 6.79. The second-order valence-electron chi connectivity index (χ2n) is 5.47. The summed E-state index contributed by atoms with van der Waals surface area (Å²) in [4.78, 5) is 2.65. The molecule has 1 heteroatoms. The van der Waals surface area contributed by atoms with E-state index in [9.17, 15) is 0 Å². The Kier molecular flexibility index (Phi) is 3.48. The fourth-order valence-electron chi connectivity index (χ4n) is 3.56. The average Bonchev–Trinajstić information content (AvgIpc) is 2.46. The van der Waals surface area contributed by atoms with E-state index in [0.717, 1.165) is 17.9 Å². The monoisotopic (exact) mass is 195 g/mol. The van der Waals surface area contributed by atoms with Crippen molar-refractivity contribution in [1.82, 2.24) is 4.90 Å². The van der Waals surface area contributed by atoms with Crippen LogP contribution in [0.4, 0.5) is 0 Å². The van der Waals surface area contributed by atoms with Crippen LogP contribution in [0.5, 0.6) is 0 Å². The van der Waals surface area contributed by atoms with Crippen LogP contribution in [0.25, 0.3) is 0 Å². The number of rotatable bonds is 1. The van der Waals surface area contributed by atoms with Crippen LogP contribution in [0, 0.1) is 11.8 Å². The van der Waals surface area contributed by atoms with Gasteiger partial charge in [-0.05, 0) is 44.7 Å². The summed E-state index contributed by atoms with van der Waals surface area (Å²) in [7, 11) is 2.35. The van der Waals surface area contributed by atoms with E-state index in [4.69, 9.17) is 0 Å². The SMILES string of the molecule is CC1CCCC1C1CCCCCN1C. The van der Waals surface area contributed by atoms with Gasteiger partial charge in [0.25, 0.3) is 0 Å². The lowest BCUT2D eigenvalue weighted by Crippen LogP contribution is -2.38. The predicted molar refractivity (Wildman–Crippen MR) is 61.4 cm³/mol. The molecule has 1 nitrogen and oxygen atoms in total. The van der Waals surface area contributed by atoms with Crippen LogP contribution in [0.3, 0.4) is 0 Å². The molecule has 0 radical (unpaired) electrons. The van der Waals surface area contributed by atoms with Crippen LogP contribution in [-0.2, 0) is 0 Å². The Bertz CT molecular complexity index is 178. The number of hydrogen-bond donors (Lipinski definition) is 0. The van der Waals surface area contributed by atoms with Crippen molar-refractivity contribution in [2.24, 2.45) is 11.8 Å². The third-order valence-electron chi connectivity index (χ3n) is 4.50. The molecule has 14 heavy (non-hydrogen) atoms. The van der Waals surface area contributed by atoms with Crippen LogP contribution in [0.2, 0.25) is 0 Å². The summed E-state index contributed by atoms with van der Waals surface area (Å²) in [5.74, 6) is 2.00. The number of hydrogen-bond acceptors (Lipinski definition) is 1. The molecule has 0 bridgehead atoms. The van der Waals surface area contributed by atoms with E-state index in [1.807, 2.05) is 0 Å². The summed E-state index contributed by atoms with van der Waals surface area (Å²) in [6.45, 7) is 3.81. The fourth-order valence-corrected chi connectivity index (χ4v) is 3.56. The van der Waals surface area contributed by atoms with E-state index < -0.39 is 0 Å². The zero-order valence-corrected chi connectivity index (χ0v) is 9.84. The molecule has 0 N–H and O–H groups in total. The summed E-state index contributed by atoms with van der Waals surface area (Å²) >= 11 is 0. The van der Waals surface area contributed by atoms with Gasteiger partial charge in [-0.15, -0.1) is 0 Å². The standard InChI is InChI=1S/C13H25N/c1-11-7-6-8-12(11)13-9-4-3-5-10-14(13)2/h11-13H,3-10H2,1-2H3. The fraction of sp³-hybridized carbons (Fsp3) is 1.00. The lowest BCUT2D eigenvalue weighted by molar-refractivity contribution is 0.153. The third-order valence-corrected chi connectivity index (χ3v) is 4.50. The lowest BCUT2D eigenvalue weighted by atomic mass is 9.87. The van der Waals surface area contributed by atoms with Crippen molar-refractivity contribution in [1.29, 1.82) is 0 Å². The molecule has 2 aliphatic rings. The highest BCUT2D eigenvalue weighted by Crippen LogP contribution is 2.37. The average molecular weight is 195 g/mol. The van der Waals surface area contributed by atoms with E-state index in [0.29, 0.717) is 0 Å². The van der Waals surface area contributed by atoms with Crippen LogP contribution in [-0.4, -0.2) is 24.5 Å². The molecule has 3 atom stereocenters. The second kappa shape index (κ2) is 4.65. The van der Waals surface area contributed by atoms with Gasteiger partial charge in [-0.25, -0.2) is 0 Å². The van der Waals surface area contributed by atoms with Crippen LogP contribution >= 0.6 is 0 Å². The molecule has 2 rings (SSSR count). The zero-order chi connectivity index (χ0) is 9.97. The van der Waals surface area contributed by atoms with Crippen LogP contribution in [0.1, 0.15) is 51.9 Å². The third kappa shape index (κ3) is 2.13. The maximum Gasteiger partial charge on any atom is 0.0123 e. The zero-order valence-electron chi connectivity index (χ0n) is 9.84. The van der Waals surface area contributed by atoms with Gasteiger partial charge in [-0.2, -0.15) is 0 Å². The van der Waals surface area contributed by atoms with Crippen molar-refractivity contribution >= 4 is 0 Å². The normalized spacial score (nSPS) is 41.1. The highest BCUT2D eigenvalue weighted by atomic mass is 15.1. The molecule has 0 aromatic heterocycles. The Morgan fingerprint density at radius 3 is 2.50 bits per heavy atom. The summed E-state index contributed by atoms with van der Waals surface area (Å²) in [5, 5.41) is 0. The Morgan fingerprint density at radius 2 is 1.79 bits per heavy atom. The van der Waals surface area contributed by atoms with Crippen molar-refractivity contribution in [2.45, 2.75) is 57.9 Å². The molecular weight excluding hydrogens is 170 g/mol. The minimum Gasteiger partial charge on any atom is -0.303 e. The van der Waals surface area contributed by atoms with Gasteiger partial charge in [0.1, 0.15) is 0 Å². The van der Waals surface area contributed by atoms with Gasteiger partial charge in [-0.3, -0.25) is 0 Å². The number of likely N-dealkylation sites (tertiary alicyclic amines) is 1. The van der Waals surface area contributed by atoms with Crippen molar-refractivity contribution in [3.63, 3.8) is 0 Å². The maximum absolute atomic E-state index is 2.65. The van der Waals surface area contributed by atoms with Gasteiger partial charge in [0.2, 0.25) is 0 Å². The summed E-state index contributed by atoms with van der Waals surface area (Å²) < 4.78 is 0. The molecule has 0 spiro atoms. The molecule has 0 amide bonds. The molecule has 1 heterocycles. The summed E-state index contributed by atoms with van der Waals surface area (Å²) in [6, 6.07) is 0.912. The maximum atomic E-state index is 2.65. The van der Waals surface area contributed by atoms with Gasteiger partial charge >= 0.3 is 0 Å². The molecule has 1 aliphatic carbocycles. The van der Waals surface area contributed by atoms with Gasteiger partial charge in [0.05, 0.1) is 0 Å². The summed E-state index contributed by atoms with van der Waals surface area (Å²) in [6.07, 6.45) is 10.3. The summed E-state index contributed by atoms with van der Waals surface area (Å²) in [5.41, 5.74) is 0. The minimum atomic E-state index is 0.912. The predicted octanol–water partition coefficient (Wildman–Crippen LogP) is 3.30. The molecule has 1 saturated heterocycles. The van der Waals surface area contributed by atoms with Crippen molar-refractivity contribution in [3.8, 4) is 0 Å². The quantitative estimate of drug-likeness (QED) is 0.620. The molecule has 3 unspecified atom stereocenters. The van der Waals surface area contributed by atoms with E-state index in [2.05, 4.69) is 18.9 Å². The molecule has 82 valence electrons. The molecule has 1 saturated carbocycles. The van der Waals surface area contributed by atoms with Crippen LogP contribution in [0.15, 0.2) is 0 Å². The van der Waals surface area contributed by atoms with Crippen molar-refractivity contribution < 1.29 is 0 Å². The van der Waals surface area contributed by atoms with Gasteiger partial charge < -0.3 is 4.90 Å². The highest BCUT2D eigenvalue weighted by Gasteiger charge is 2.33. The molecule has 0 aromatic rings. The van der Waals surface area contributed by atoms with E-state index >= 15 is 0 Å². The molecule has 1 aliphatic heterocycles. The second-order valence-corrected chi connectivity index (χ2v) is 5.47. The van der Waals surface area contributed by atoms with E-state index in [1.54, 1.807) is 0 Å². The first-order valence-electron chi connectivity index (χ1n) is 6.49. The van der Waals surface area contributed by atoms with Gasteiger partial charge in [0.15, 0.2) is 0 Å². The largest absolute Gasteiger partial charge is 0.303 e. The van der Waals surface area contributed by atoms with Gasteiger partial charge in [0, 0.05) is 6.04 Å². The highest BCUT2D eigenvalue weighted by molar-refractivity contribution is 4.86. The van der Waals surface area contributed by atoms with Crippen molar-refractivity contribution in [3.05, 3.63) is 0 Å². The Balaban J connectivity index is 1.99. The number of nitrogens with zero attached hydrogens (tertiary/aromatic N) is 1. The van der Waals surface area contributed by atoms with E-state index in [-0.39, 0.29) is 0 Å². The Labute approximate surface area is 88.9 Å². The topological polar surface area (TPSA) is 3.24 Å². The Hall–Kier alpha value is -0.0400. The van der Waals surface area contributed by atoms with E-state index in [1.165, 1.54) is 51.5 Å². The van der Waals surface area contributed by atoms with Crippen molar-refractivity contribution in [2.75, 3.05) is 13.6 Å². The Morgan fingerprint density at radius 1 is 0.929 bits per heavy atom. The molecule has 0 aromatic carbocycles. The molecular formula is C13H25N. The first-order valence-corrected chi connectivity index (χ1v) is 6.49. The smallest absolute Gasteiger partial charge is 0.0123 e. The van der Waals surface area contributed by atoms with Gasteiger partial charge in [-0.1, -0.05) is 32.6 Å². The minimum absolute atomic E-state index is 0.912. The van der Waals surface area contributed by atoms with Crippen LogP contribution < -0.4 is 0 Å².